The van der Waals surface area contributed by atoms with E-state index in [1.165, 1.54) is 12.7 Å². The number of nitrogens with zero attached hydrogens (tertiary/aromatic N) is 4. The number of anilines is 1. The number of phosphoric ester groups is 1. The summed E-state index contributed by atoms with van der Waals surface area (Å²) >= 11 is 0. The Balaban J connectivity index is 1.92. The molecule has 1 fully saturated rings. The Morgan fingerprint density at radius 3 is 2.77 bits per heavy atom. The van der Waals surface area contributed by atoms with Crippen LogP contribution < -0.4 is 5.32 Å². The van der Waals surface area contributed by atoms with Gasteiger partial charge in [-0.15, -0.1) is 0 Å². The van der Waals surface area contributed by atoms with E-state index in [9.17, 15) is 14.0 Å². The van der Waals surface area contributed by atoms with Gasteiger partial charge in [0.05, 0.1) is 31.8 Å². The second kappa shape index (κ2) is 10.0. The Labute approximate surface area is 150 Å². The van der Waals surface area contributed by atoms with Crippen LogP contribution in [0.5, 0.6) is 0 Å². The number of rotatable bonds is 10. The van der Waals surface area contributed by atoms with E-state index in [4.69, 9.17) is 19.2 Å². The van der Waals surface area contributed by atoms with Crippen LogP contribution in [0, 0.1) is 17.2 Å². The van der Waals surface area contributed by atoms with Gasteiger partial charge in [-0.3, -0.25) is 13.6 Å². The van der Waals surface area contributed by atoms with Gasteiger partial charge in [-0.25, -0.2) is 19.5 Å². The highest BCUT2D eigenvalue weighted by Crippen LogP contribution is 2.45. The van der Waals surface area contributed by atoms with Crippen molar-refractivity contribution in [3.8, 4) is 6.07 Å². The second-order valence-corrected chi connectivity index (χ2v) is 7.68. The minimum atomic E-state index is -4.31. The van der Waals surface area contributed by atoms with E-state index < -0.39 is 28.1 Å². The monoisotopic (exact) mass is 407 g/mol. The van der Waals surface area contributed by atoms with Crippen LogP contribution in [0.4, 0.5) is 5.95 Å². The Morgan fingerprint density at radius 2 is 2.12 bits per heavy atom. The van der Waals surface area contributed by atoms with E-state index >= 15 is 0 Å². The van der Waals surface area contributed by atoms with Gasteiger partial charge in [0.2, 0.25) is 5.95 Å². The van der Waals surface area contributed by atoms with E-state index in [0.29, 0.717) is 18.8 Å². The summed E-state index contributed by atoms with van der Waals surface area (Å²) in [7, 11) is -7.50. The van der Waals surface area contributed by atoms with E-state index in [0.717, 1.165) is 0 Å². The molecule has 2 rings (SSSR count). The van der Waals surface area contributed by atoms with Gasteiger partial charge >= 0.3 is 16.1 Å². The number of phosphoric acid groups is 1. The smallest absolute Gasteiger partial charge is 0.351 e. The zero-order chi connectivity index (χ0) is 19.0. The zero-order valence-corrected chi connectivity index (χ0v) is 15.5. The molecule has 0 spiro atoms. The summed E-state index contributed by atoms with van der Waals surface area (Å²) < 4.78 is 37.4. The number of aromatic nitrogens is 3. The average Bonchev–Trinajstić information content (AvgIpc) is 2.95. The molecule has 0 radical (unpaired) electrons. The summed E-state index contributed by atoms with van der Waals surface area (Å²) in [5.74, 6) is -0.0786. The molecule has 14 heteroatoms. The van der Waals surface area contributed by atoms with Crippen molar-refractivity contribution in [2.24, 2.45) is 5.92 Å². The van der Waals surface area contributed by atoms with Crippen LogP contribution in [0.3, 0.4) is 0 Å². The molecule has 0 aliphatic heterocycles. The first-order valence-electron chi connectivity index (χ1n) is 7.66. The summed E-state index contributed by atoms with van der Waals surface area (Å²) in [4.78, 5) is 30.2. The van der Waals surface area contributed by atoms with Crippen molar-refractivity contribution in [3.05, 3.63) is 12.7 Å². The summed E-state index contributed by atoms with van der Waals surface area (Å²) in [6.45, 7) is -0.446. The fraction of sp³-hybridized carbons (Fsp3) is 0.667. The van der Waals surface area contributed by atoms with Crippen LogP contribution in [-0.2, 0) is 22.7 Å². The van der Waals surface area contributed by atoms with Gasteiger partial charge in [0.25, 0.3) is 0 Å². The lowest BCUT2D eigenvalue weighted by Crippen LogP contribution is -2.20. The first-order chi connectivity index (χ1) is 12.4. The topological polar surface area (TPSA) is 177 Å². The third kappa shape index (κ3) is 7.05. The number of nitrogens with one attached hydrogen (secondary N) is 1. The Bertz CT molecular complexity index is 688. The zero-order valence-electron chi connectivity index (χ0n) is 13.6. The van der Waals surface area contributed by atoms with Crippen LogP contribution in [0.2, 0.25) is 0 Å². The standard InChI is InChI=1S/C12H19N5O7P2/c13-2-1-3-22-26(20,21)23-6-9-4-10(5-11(9)24-25(18)19)17-12-15-7-14-8-16-12/h7-11,25H,1,3-6H2,(H,18,19)(H,20,21)(H,14,15,16,17)/t9-,10-,11+/m1/s1. The highest BCUT2D eigenvalue weighted by atomic mass is 31.2. The highest BCUT2D eigenvalue weighted by Gasteiger charge is 2.38. The molecule has 1 aromatic rings. The van der Waals surface area contributed by atoms with Crippen molar-refractivity contribution in [1.82, 2.24) is 15.0 Å². The van der Waals surface area contributed by atoms with E-state index in [1.807, 2.05) is 0 Å². The van der Waals surface area contributed by atoms with Gasteiger partial charge in [0, 0.05) is 12.0 Å². The molecule has 26 heavy (non-hydrogen) atoms. The lowest BCUT2D eigenvalue weighted by Gasteiger charge is -2.19. The first-order valence-corrected chi connectivity index (χ1v) is 10.4. The molecule has 1 saturated carbocycles. The van der Waals surface area contributed by atoms with E-state index in [-0.39, 0.29) is 25.7 Å². The van der Waals surface area contributed by atoms with Gasteiger partial charge in [0.1, 0.15) is 12.7 Å². The minimum absolute atomic E-state index is 0.0481. The van der Waals surface area contributed by atoms with Gasteiger partial charge in [-0.05, 0) is 12.8 Å². The minimum Gasteiger partial charge on any atom is -0.351 e. The van der Waals surface area contributed by atoms with Crippen molar-refractivity contribution in [1.29, 1.82) is 5.26 Å². The van der Waals surface area contributed by atoms with Crippen LogP contribution >= 0.6 is 16.1 Å². The molecule has 0 saturated heterocycles. The molecule has 5 atom stereocenters. The maximum Gasteiger partial charge on any atom is 0.472 e. The van der Waals surface area contributed by atoms with Gasteiger partial charge in [-0.1, -0.05) is 0 Å². The van der Waals surface area contributed by atoms with Crippen molar-refractivity contribution in [3.63, 3.8) is 0 Å². The maximum absolute atomic E-state index is 11.8. The predicted octanol–water partition coefficient (Wildman–Crippen LogP) is 0.877. The van der Waals surface area contributed by atoms with Crippen LogP contribution in [0.15, 0.2) is 12.7 Å². The fourth-order valence-electron chi connectivity index (χ4n) is 2.58. The normalized spacial score (nSPS) is 26.0. The fourth-order valence-corrected chi connectivity index (χ4v) is 3.91. The Hall–Kier alpha value is -1.44. The van der Waals surface area contributed by atoms with E-state index in [2.05, 4.69) is 24.8 Å². The molecule has 1 aliphatic carbocycles. The van der Waals surface area contributed by atoms with Gasteiger partial charge in [0.15, 0.2) is 0 Å². The molecule has 0 amide bonds. The number of hydrogen-bond donors (Lipinski definition) is 3. The lowest BCUT2D eigenvalue weighted by molar-refractivity contribution is 0.0868. The quantitative estimate of drug-likeness (QED) is 0.369. The molecule has 3 N–H and O–H groups in total. The van der Waals surface area contributed by atoms with Crippen molar-refractivity contribution >= 4 is 22.0 Å². The molecule has 1 aromatic heterocycles. The third-order valence-electron chi connectivity index (χ3n) is 3.63. The first kappa shape index (κ1) is 20.9. The third-order valence-corrected chi connectivity index (χ3v) is 5.12. The molecule has 1 heterocycles. The molecule has 2 unspecified atom stereocenters. The Kier molecular flexibility index (Phi) is 8.06. The van der Waals surface area contributed by atoms with Crippen LogP contribution in [0.1, 0.15) is 19.3 Å². The number of hydrogen-bond acceptors (Lipinski definition) is 10. The molecule has 0 bridgehead atoms. The highest BCUT2D eigenvalue weighted by molar-refractivity contribution is 7.47. The van der Waals surface area contributed by atoms with Gasteiger partial charge < -0.3 is 19.6 Å². The molecular weight excluding hydrogens is 388 g/mol. The van der Waals surface area contributed by atoms with Crippen LogP contribution in [-0.4, -0.2) is 50.1 Å². The van der Waals surface area contributed by atoms with Crippen molar-refractivity contribution in [2.75, 3.05) is 18.5 Å². The van der Waals surface area contributed by atoms with Crippen molar-refractivity contribution in [2.45, 2.75) is 31.4 Å². The molecule has 0 aromatic carbocycles. The molecule has 1 aliphatic rings. The lowest BCUT2D eigenvalue weighted by atomic mass is 10.1. The predicted molar refractivity (Wildman–Crippen MR) is 88.0 cm³/mol. The summed E-state index contributed by atoms with van der Waals surface area (Å²) in [6, 6.07) is 1.59. The molecule has 144 valence electrons. The average molecular weight is 407 g/mol. The Morgan fingerprint density at radius 1 is 1.38 bits per heavy atom. The van der Waals surface area contributed by atoms with Gasteiger partial charge in [-0.2, -0.15) is 5.26 Å². The molecular formula is C12H19N5O7P2. The van der Waals surface area contributed by atoms with E-state index in [1.54, 1.807) is 6.07 Å². The number of nitriles is 1. The maximum atomic E-state index is 11.8. The summed E-state index contributed by atoms with van der Waals surface area (Å²) in [6.07, 6.45) is 2.75. The largest absolute Gasteiger partial charge is 0.472 e. The molecule has 12 nitrogen and oxygen atoms in total. The summed E-state index contributed by atoms with van der Waals surface area (Å²) in [5.41, 5.74) is 0. The second-order valence-electron chi connectivity index (χ2n) is 5.46. The van der Waals surface area contributed by atoms with Crippen molar-refractivity contribution < 1.29 is 32.5 Å². The SMILES string of the molecule is N#CCCOP(=O)(O)OC[C@H]1C[C@@H](Nc2ncncn2)C[C@@H]1O[PH](=O)O. The van der Waals surface area contributed by atoms with Crippen LogP contribution in [0.25, 0.3) is 0 Å². The summed E-state index contributed by atoms with van der Waals surface area (Å²) in [5, 5.41) is 11.4.